The molecule has 0 radical (unpaired) electrons. The topological polar surface area (TPSA) is 13.7 Å². The number of hydrogen-bond donors (Lipinski definition) is 1. The van der Waals surface area contributed by atoms with Gasteiger partial charge in [-0.25, -0.2) is 0 Å². The van der Waals surface area contributed by atoms with Crippen LogP contribution in [0.2, 0.25) is 0 Å². The molecule has 2 heteroatoms. The molecule has 8 aromatic rings. The summed E-state index contributed by atoms with van der Waals surface area (Å²) in [6, 6.07) is 68.9. The molecule has 3 aliphatic rings. The first-order valence-electron chi connectivity index (χ1n) is 18.1. The third-order valence-electron chi connectivity index (χ3n) is 11.5. The summed E-state index contributed by atoms with van der Waals surface area (Å²) in [5.41, 5.74) is 14.7. The van der Waals surface area contributed by atoms with Crippen LogP contribution in [0, 0.1) is 0 Å². The second-order valence-electron chi connectivity index (χ2n) is 14.1. The Hall–Kier alpha value is -6.48. The summed E-state index contributed by atoms with van der Waals surface area (Å²) in [6.07, 6.45) is 2.46. The minimum absolute atomic E-state index is 0.154. The van der Waals surface area contributed by atoms with Crippen LogP contribution in [-0.4, -0.2) is 0 Å². The third-order valence-corrected chi connectivity index (χ3v) is 11.5. The molecule has 1 spiro atoms. The van der Waals surface area contributed by atoms with Crippen LogP contribution in [0.1, 0.15) is 39.4 Å². The van der Waals surface area contributed by atoms with Crippen molar-refractivity contribution in [2.75, 3.05) is 0 Å². The summed E-state index contributed by atoms with van der Waals surface area (Å²) in [7, 11) is 0. The fourth-order valence-electron chi connectivity index (χ4n) is 9.23. The Kier molecular flexibility index (Phi) is 6.34. The van der Waals surface area contributed by atoms with Gasteiger partial charge in [0.1, 0.15) is 28.9 Å². The molecule has 0 bridgehead atoms. The highest BCUT2D eigenvalue weighted by Gasteiger charge is 2.53. The molecule has 2 unspecified atom stereocenters. The minimum atomic E-state index is -0.538. The molecule has 0 aromatic heterocycles. The van der Waals surface area contributed by atoms with Gasteiger partial charge < -0.3 is 4.74 Å². The Morgan fingerprint density at radius 3 is 1.69 bits per heavy atom. The molecule has 11 rings (SSSR count). The number of ether oxygens (including phenoxy) is 1. The average Bonchev–Trinajstić information content (AvgIpc) is 3.48. The van der Waals surface area contributed by atoms with Gasteiger partial charge in [-0.15, -0.1) is 0 Å². The number of quaternary nitrogens is 1. The Balaban J connectivity index is 1.18. The molecule has 0 saturated carbocycles. The van der Waals surface area contributed by atoms with Gasteiger partial charge in [0.25, 0.3) is 0 Å². The van der Waals surface area contributed by atoms with E-state index in [-0.39, 0.29) is 6.04 Å². The van der Waals surface area contributed by atoms with Gasteiger partial charge in [0.05, 0.1) is 5.41 Å². The zero-order valence-corrected chi connectivity index (χ0v) is 28.5. The number of fused-ring (bicyclic) bond motifs is 10. The van der Waals surface area contributed by atoms with Gasteiger partial charge >= 0.3 is 0 Å². The lowest BCUT2D eigenvalue weighted by molar-refractivity contribution is -0.800. The third kappa shape index (κ3) is 4.10. The van der Waals surface area contributed by atoms with Crippen molar-refractivity contribution in [2.45, 2.75) is 11.5 Å². The first-order chi connectivity index (χ1) is 25.8. The molecule has 2 heterocycles. The Labute approximate surface area is 303 Å². The van der Waals surface area contributed by atoms with E-state index in [0.29, 0.717) is 0 Å². The van der Waals surface area contributed by atoms with Crippen molar-refractivity contribution < 1.29 is 9.64 Å². The molecule has 2 nitrogen and oxygen atoms in total. The van der Waals surface area contributed by atoms with E-state index in [9.17, 15) is 0 Å². The van der Waals surface area contributed by atoms with E-state index >= 15 is 0 Å². The van der Waals surface area contributed by atoms with Crippen LogP contribution < -0.4 is 9.64 Å². The summed E-state index contributed by atoms with van der Waals surface area (Å²) >= 11 is 0. The summed E-state index contributed by atoms with van der Waals surface area (Å²) in [5.74, 6) is 1.83. The summed E-state index contributed by atoms with van der Waals surface area (Å²) in [6.45, 7) is 0. The molecule has 2 atom stereocenters. The van der Waals surface area contributed by atoms with Crippen molar-refractivity contribution in [1.82, 2.24) is 0 Å². The molecule has 1 N–H and O–H groups in total. The zero-order chi connectivity index (χ0) is 34.2. The normalized spacial score (nSPS) is 17.3. The lowest BCUT2D eigenvalue weighted by Crippen LogP contribution is -3.09. The highest BCUT2D eigenvalue weighted by molar-refractivity contribution is 5.99. The molecule has 52 heavy (non-hydrogen) atoms. The zero-order valence-electron chi connectivity index (χ0n) is 28.5. The van der Waals surface area contributed by atoms with Crippen molar-refractivity contribution in [2.24, 2.45) is 0 Å². The Morgan fingerprint density at radius 2 is 1.00 bits per heavy atom. The van der Waals surface area contributed by atoms with Crippen LogP contribution in [0.3, 0.4) is 0 Å². The number of nitrogens with one attached hydrogen (secondary N) is 1. The molecule has 2 aliphatic heterocycles. The number of hydrogen-bond acceptors (Lipinski definition) is 1. The number of benzene rings is 8. The van der Waals surface area contributed by atoms with Crippen LogP contribution in [-0.2, 0) is 5.41 Å². The van der Waals surface area contributed by atoms with Gasteiger partial charge in [-0.3, -0.25) is 4.90 Å². The Bertz CT molecular complexity index is 2660. The van der Waals surface area contributed by atoms with Crippen LogP contribution in [0.4, 0.5) is 5.69 Å². The maximum atomic E-state index is 6.67. The van der Waals surface area contributed by atoms with Gasteiger partial charge in [-0.2, -0.15) is 0 Å². The van der Waals surface area contributed by atoms with E-state index in [4.69, 9.17) is 4.74 Å². The van der Waals surface area contributed by atoms with Gasteiger partial charge in [0, 0.05) is 40.0 Å². The fourth-order valence-corrected chi connectivity index (χ4v) is 9.23. The van der Waals surface area contributed by atoms with E-state index in [0.717, 1.165) is 11.5 Å². The average molecular weight is 665 g/mol. The summed E-state index contributed by atoms with van der Waals surface area (Å²) < 4.78 is 6.67. The van der Waals surface area contributed by atoms with E-state index in [1.54, 1.807) is 0 Å². The maximum absolute atomic E-state index is 6.67. The maximum Gasteiger partial charge on any atom is 0.147 e. The second kappa shape index (κ2) is 11.3. The van der Waals surface area contributed by atoms with Gasteiger partial charge in [0.2, 0.25) is 0 Å². The molecule has 0 amide bonds. The predicted molar refractivity (Wildman–Crippen MR) is 211 cm³/mol. The van der Waals surface area contributed by atoms with Crippen LogP contribution >= 0.6 is 0 Å². The van der Waals surface area contributed by atoms with Crippen LogP contribution in [0.15, 0.2) is 194 Å². The van der Waals surface area contributed by atoms with Gasteiger partial charge in [-0.05, 0) is 75.0 Å². The minimum Gasteiger partial charge on any atom is -0.457 e. The smallest absolute Gasteiger partial charge is 0.147 e. The van der Waals surface area contributed by atoms with Crippen molar-refractivity contribution in [3.63, 3.8) is 0 Å². The number of para-hydroxylation sites is 2. The molecular weight excluding hydrogens is 631 g/mol. The molecule has 0 saturated heterocycles. The lowest BCUT2D eigenvalue weighted by Gasteiger charge is -2.40. The largest absolute Gasteiger partial charge is 0.457 e. The lowest BCUT2D eigenvalue weighted by atomic mass is 9.66. The van der Waals surface area contributed by atoms with Crippen LogP contribution in [0.5, 0.6) is 11.5 Å². The molecular formula is C50H34NO+. The standard InChI is InChI=1S/C50H33NO/c1-3-14-33(15-4-1)34-26-28-36(29-27-34)46-32-45(35-16-5-2-6-17-35)51(46)44-23-13-22-42-49(44)39-30-37-18-7-8-19-38(37)31-43(39)50(42)40-20-9-11-24-47(40)52-48-25-12-10-21-41(48)50/h1-32,46H/p+1. The van der Waals surface area contributed by atoms with Crippen molar-refractivity contribution in [3.05, 3.63) is 228 Å². The van der Waals surface area contributed by atoms with E-state index < -0.39 is 5.41 Å². The van der Waals surface area contributed by atoms with E-state index in [2.05, 4.69) is 194 Å². The first-order valence-corrected chi connectivity index (χ1v) is 18.1. The first kappa shape index (κ1) is 29.3. The summed E-state index contributed by atoms with van der Waals surface area (Å²) in [4.78, 5) is 1.38. The monoisotopic (exact) mass is 664 g/mol. The van der Waals surface area contributed by atoms with Crippen LogP contribution in [0.25, 0.3) is 38.7 Å². The predicted octanol–water partition coefficient (Wildman–Crippen LogP) is 11.3. The number of rotatable bonds is 4. The molecule has 8 aromatic carbocycles. The SMILES string of the molecule is C1=C(c2ccccc2)[NH+](c2cccc3c2-c2cc4ccccc4cc2C32c3ccccc3Oc3ccccc32)C1c1ccc(-c2ccccc2)cc1. The second-order valence-corrected chi connectivity index (χ2v) is 14.1. The highest BCUT2D eigenvalue weighted by atomic mass is 16.5. The Morgan fingerprint density at radius 1 is 0.442 bits per heavy atom. The quantitative estimate of drug-likeness (QED) is 0.198. The van der Waals surface area contributed by atoms with Gasteiger partial charge in [-0.1, -0.05) is 146 Å². The molecule has 0 fully saturated rings. The van der Waals surface area contributed by atoms with E-state index in [1.165, 1.54) is 82.7 Å². The van der Waals surface area contributed by atoms with Crippen molar-refractivity contribution in [1.29, 1.82) is 0 Å². The van der Waals surface area contributed by atoms with E-state index in [1.807, 2.05) is 0 Å². The highest BCUT2D eigenvalue weighted by Crippen LogP contribution is 2.63. The summed E-state index contributed by atoms with van der Waals surface area (Å²) in [5, 5.41) is 2.49. The van der Waals surface area contributed by atoms with Crippen molar-refractivity contribution >= 4 is 22.2 Å². The van der Waals surface area contributed by atoms with Crippen molar-refractivity contribution in [3.8, 4) is 33.8 Å². The molecule has 1 aliphatic carbocycles. The van der Waals surface area contributed by atoms with Gasteiger partial charge in [0.15, 0.2) is 0 Å². The fraction of sp³-hybridized carbons (Fsp3) is 0.0400. The molecule has 244 valence electrons.